The van der Waals surface area contributed by atoms with Gasteiger partial charge in [0, 0.05) is 13.2 Å². The van der Waals surface area contributed by atoms with Crippen LogP contribution in [-0.2, 0) is 19.1 Å². The number of hydrogen-bond acceptors (Lipinski definition) is 4. The van der Waals surface area contributed by atoms with Crippen molar-refractivity contribution in [3.8, 4) is 0 Å². The second-order valence-electron chi connectivity index (χ2n) is 3.91. The van der Waals surface area contributed by atoms with E-state index in [0.29, 0.717) is 11.9 Å². The van der Waals surface area contributed by atoms with Crippen LogP contribution in [0.5, 0.6) is 0 Å². The third kappa shape index (κ3) is 5.46. The summed E-state index contributed by atoms with van der Waals surface area (Å²) < 4.78 is 10.1. The smallest absolute Gasteiger partial charge is 0.250 e. The highest BCUT2D eigenvalue weighted by molar-refractivity contribution is 9.09. The molecule has 2 fully saturated rings. The van der Waals surface area contributed by atoms with Gasteiger partial charge in [0.25, 0.3) is 0 Å². The van der Waals surface area contributed by atoms with Crippen molar-refractivity contribution in [3.05, 3.63) is 0 Å². The molecular formula is C11H16BrClO4. The number of carbonyl (C=O) groups is 2. The lowest BCUT2D eigenvalue weighted by atomic mass is 10.2. The van der Waals surface area contributed by atoms with Gasteiger partial charge in [0.05, 0.1) is 5.33 Å². The molecule has 2 rings (SSSR count). The molecule has 2 heterocycles. The van der Waals surface area contributed by atoms with E-state index in [1.54, 1.807) is 0 Å². The highest BCUT2D eigenvalue weighted by atomic mass is 79.9. The van der Waals surface area contributed by atoms with Gasteiger partial charge in [-0.3, -0.25) is 9.59 Å². The molecule has 0 aromatic rings. The summed E-state index contributed by atoms with van der Waals surface area (Å²) in [5.41, 5.74) is 0. The number of halogens is 2. The van der Waals surface area contributed by atoms with E-state index in [4.69, 9.17) is 21.1 Å². The monoisotopic (exact) mass is 326 g/mol. The molecule has 0 amide bonds. The van der Waals surface area contributed by atoms with E-state index < -0.39 is 0 Å². The second-order valence-corrected chi connectivity index (χ2v) is 4.84. The first-order valence-corrected chi connectivity index (χ1v) is 7.16. The fourth-order valence-corrected chi connectivity index (χ4v) is 2.21. The first kappa shape index (κ1) is 15.1. The van der Waals surface area contributed by atoms with Crippen LogP contribution in [-0.4, -0.2) is 41.8 Å². The SMILES string of the molecule is O=C(CBr)[C@@H]1CCCO1.O=C(Cl)[C@@H]1CCCO1. The molecule has 0 saturated carbocycles. The highest BCUT2D eigenvalue weighted by Gasteiger charge is 2.22. The maximum absolute atomic E-state index is 10.8. The zero-order chi connectivity index (χ0) is 12.7. The van der Waals surface area contributed by atoms with Crippen molar-refractivity contribution in [2.75, 3.05) is 18.5 Å². The zero-order valence-electron chi connectivity index (χ0n) is 9.49. The molecule has 98 valence electrons. The summed E-state index contributed by atoms with van der Waals surface area (Å²) in [5, 5.41) is 0.0694. The summed E-state index contributed by atoms with van der Waals surface area (Å²) in [6.07, 6.45) is 3.28. The van der Waals surface area contributed by atoms with Crippen molar-refractivity contribution in [2.24, 2.45) is 0 Å². The van der Waals surface area contributed by atoms with Gasteiger partial charge < -0.3 is 9.47 Å². The minimum Gasteiger partial charge on any atom is -0.370 e. The van der Waals surface area contributed by atoms with E-state index in [9.17, 15) is 9.59 Å². The Kier molecular flexibility index (Phi) is 7.27. The van der Waals surface area contributed by atoms with Crippen LogP contribution < -0.4 is 0 Å². The number of ether oxygens (including phenoxy) is 2. The van der Waals surface area contributed by atoms with E-state index >= 15 is 0 Å². The maximum atomic E-state index is 10.8. The number of alkyl halides is 1. The predicted octanol–water partition coefficient (Wildman–Crippen LogP) is 2.06. The molecule has 0 aromatic heterocycles. The zero-order valence-corrected chi connectivity index (χ0v) is 11.8. The lowest BCUT2D eigenvalue weighted by Crippen LogP contribution is -2.19. The van der Waals surface area contributed by atoms with Gasteiger partial charge in [0.2, 0.25) is 5.24 Å². The Balaban J connectivity index is 0.000000171. The van der Waals surface area contributed by atoms with Crippen molar-refractivity contribution in [3.63, 3.8) is 0 Å². The molecule has 0 aliphatic carbocycles. The molecule has 0 aromatic carbocycles. The Morgan fingerprint density at radius 2 is 1.65 bits per heavy atom. The molecule has 2 aliphatic rings. The topological polar surface area (TPSA) is 52.6 Å². The van der Waals surface area contributed by atoms with Crippen LogP contribution in [0.1, 0.15) is 25.7 Å². The van der Waals surface area contributed by atoms with Crippen molar-refractivity contribution >= 4 is 38.6 Å². The minimum atomic E-state index is -0.359. The van der Waals surface area contributed by atoms with Gasteiger partial charge in [-0.1, -0.05) is 15.9 Å². The summed E-state index contributed by atoms with van der Waals surface area (Å²) in [6, 6.07) is 0. The number of rotatable bonds is 3. The van der Waals surface area contributed by atoms with Crippen LogP contribution in [0.4, 0.5) is 0 Å². The molecule has 0 unspecified atom stereocenters. The fourth-order valence-electron chi connectivity index (χ4n) is 1.67. The average Bonchev–Trinajstić information content (AvgIpc) is 3.01. The van der Waals surface area contributed by atoms with Crippen LogP contribution in [0.3, 0.4) is 0 Å². The lowest BCUT2D eigenvalue weighted by Gasteiger charge is -2.03. The predicted molar refractivity (Wildman–Crippen MR) is 67.6 cm³/mol. The van der Waals surface area contributed by atoms with Gasteiger partial charge >= 0.3 is 0 Å². The maximum Gasteiger partial charge on any atom is 0.250 e. The molecule has 0 spiro atoms. The van der Waals surface area contributed by atoms with Gasteiger partial charge in [0.1, 0.15) is 12.2 Å². The van der Waals surface area contributed by atoms with Gasteiger partial charge in [-0.25, -0.2) is 0 Å². The molecule has 2 saturated heterocycles. The standard InChI is InChI=1S/C6H9BrO2.C5H7ClO2/c7-4-5(8)6-2-1-3-9-6;6-5(7)4-2-1-3-8-4/h6H,1-4H2;4H,1-3H2/t6-;4-/m00/s1. The molecule has 0 radical (unpaired) electrons. The quantitative estimate of drug-likeness (QED) is 0.588. The molecule has 2 atom stereocenters. The molecule has 2 aliphatic heterocycles. The van der Waals surface area contributed by atoms with Crippen molar-refractivity contribution in [2.45, 2.75) is 37.9 Å². The summed E-state index contributed by atoms with van der Waals surface area (Å²) in [6.45, 7) is 1.44. The van der Waals surface area contributed by atoms with E-state index in [-0.39, 0.29) is 23.2 Å². The Morgan fingerprint density at radius 1 is 1.12 bits per heavy atom. The van der Waals surface area contributed by atoms with E-state index in [1.165, 1.54) is 0 Å². The molecule has 0 N–H and O–H groups in total. The number of Topliss-reactive ketones (excluding diaryl/α,β-unsaturated/α-hetero) is 1. The number of hydrogen-bond donors (Lipinski definition) is 0. The summed E-state index contributed by atoms with van der Waals surface area (Å²) in [4.78, 5) is 21.1. The lowest BCUT2D eigenvalue weighted by molar-refractivity contribution is -0.125. The Hall–Kier alpha value is 0.0300. The molecule has 0 bridgehead atoms. The van der Waals surface area contributed by atoms with E-state index in [1.807, 2.05) is 0 Å². The van der Waals surface area contributed by atoms with Gasteiger partial charge in [0.15, 0.2) is 5.78 Å². The average molecular weight is 328 g/mol. The molecule has 17 heavy (non-hydrogen) atoms. The van der Waals surface area contributed by atoms with Crippen LogP contribution >= 0.6 is 27.5 Å². The Bertz CT molecular complexity index is 260. The summed E-state index contributed by atoms with van der Waals surface area (Å²) >= 11 is 8.22. The van der Waals surface area contributed by atoms with Crippen molar-refractivity contribution in [1.82, 2.24) is 0 Å². The van der Waals surface area contributed by atoms with Crippen LogP contribution in [0.15, 0.2) is 0 Å². The van der Waals surface area contributed by atoms with Crippen LogP contribution in [0.25, 0.3) is 0 Å². The normalized spacial score (nSPS) is 27.4. The number of ketones is 1. The second kappa shape index (κ2) is 8.19. The highest BCUT2D eigenvalue weighted by Crippen LogP contribution is 2.14. The Morgan fingerprint density at radius 3 is 1.94 bits per heavy atom. The van der Waals surface area contributed by atoms with Gasteiger partial charge in [-0.2, -0.15) is 0 Å². The molecule has 4 nitrogen and oxygen atoms in total. The van der Waals surface area contributed by atoms with E-state index in [0.717, 1.165) is 32.3 Å². The van der Waals surface area contributed by atoms with Crippen LogP contribution in [0.2, 0.25) is 0 Å². The van der Waals surface area contributed by atoms with Crippen LogP contribution in [0, 0.1) is 0 Å². The van der Waals surface area contributed by atoms with Gasteiger partial charge in [-0.15, -0.1) is 0 Å². The van der Waals surface area contributed by atoms with Gasteiger partial charge in [-0.05, 0) is 37.3 Å². The Labute approximate surface area is 114 Å². The third-order valence-corrected chi connectivity index (χ3v) is 3.40. The molecular weight excluding hydrogens is 311 g/mol. The number of carbonyl (C=O) groups excluding carboxylic acids is 2. The van der Waals surface area contributed by atoms with Crippen molar-refractivity contribution in [1.29, 1.82) is 0 Å². The fraction of sp³-hybridized carbons (Fsp3) is 0.818. The largest absolute Gasteiger partial charge is 0.370 e. The first-order chi connectivity index (χ1) is 8.15. The van der Waals surface area contributed by atoms with Crippen molar-refractivity contribution < 1.29 is 19.1 Å². The third-order valence-electron chi connectivity index (χ3n) is 2.60. The van der Waals surface area contributed by atoms with E-state index in [2.05, 4.69) is 15.9 Å². The molecule has 6 heteroatoms. The first-order valence-electron chi connectivity index (χ1n) is 5.66. The minimum absolute atomic E-state index is 0.107. The summed E-state index contributed by atoms with van der Waals surface area (Å²) in [7, 11) is 0. The summed E-state index contributed by atoms with van der Waals surface area (Å²) in [5.74, 6) is 0.174.